The molecule has 26 heavy (non-hydrogen) atoms. The van der Waals surface area contributed by atoms with Gasteiger partial charge in [-0.05, 0) is 31.5 Å². The van der Waals surface area contributed by atoms with Gasteiger partial charge in [-0.3, -0.25) is 19.1 Å². The number of carbonyl (C=O) groups is 1. The van der Waals surface area contributed by atoms with Gasteiger partial charge in [0.2, 0.25) is 5.91 Å². The lowest BCUT2D eigenvalue weighted by Gasteiger charge is -2.17. The lowest BCUT2D eigenvalue weighted by molar-refractivity contribution is -0.130. The smallest absolute Gasteiger partial charge is 0.262 e. The number of fused-ring (bicyclic) bond motifs is 1. The number of nitrogens with zero attached hydrogens (tertiary/aromatic N) is 4. The van der Waals surface area contributed by atoms with Crippen LogP contribution in [0.2, 0.25) is 0 Å². The molecule has 3 aromatic rings. The molecule has 0 aromatic carbocycles. The summed E-state index contributed by atoms with van der Waals surface area (Å²) in [6.45, 7) is 4.87. The molecular weight excluding hydrogens is 348 g/mol. The van der Waals surface area contributed by atoms with E-state index >= 15 is 0 Å². The third-order valence-electron chi connectivity index (χ3n) is 4.58. The molecule has 0 aliphatic rings. The zero-order valence-corrected chi connectivity index (χ0v) is 16.0. The van der Waals surface area contributed by atoms with E-state index in [0.717, 1.165) is 21.0 Å². The number of hydrogen-bond acceptors (Lipinski definition) is 5. The first-order valence-corrected chi connectivity index (χ1v) is 9.38. The molecule has 0 aliphatic heterocycles. The summed E-state index contributed by atoms with van der Waals surface area (Å²) in [5.74, 6) is 0.00569. The first kappa shape index (κ1) is 18.3. The molecule has 3 aromatic heterocycles. The number of carbonyl (C=O) groups excluding carboxylic acids is 1. The maximum Gasteiger partial charge on any atom is 0.262 e. The summed E-state index contributed by atoms with van der Waals surface area (Å²) in [7, 11) is 1.78. The largest absolute Gasteiger partial charge is 0.345 e. The van der Waals surface area contributed by atoms with Crippen molar-refractivity contribution in [2.24, 2.45) is 0 Å². The van der Waals surface area contributed by atoms with Crippen LogP contribution < -0.4 is 5.56 Å². The van der Waals surface area contributed by atoms with Crippen molar-refractivity contribution < 1.29 is 4.79 Å². The molecule has 3 rings (SSSR count). The van der Waals surface area contributed by atoms with Gasteiger partial charge >= 0.3 is 0 Å². The first-order valence-electron chi connectivity index (χ1n) is 8.56. The summed E-state index contributed by atoms with van der Waals surface area (Å²) < 4.78 is 1.53. The average molecular weight is 370 g/mol. The van der Waals surface area contributed by atoms with Gasteiger partial charge in [-0.15, -0.1) is 11.3 Å². The van der Waals surface area contributed by atoms with Crippen LogP contribution >= 0.6 is 11.3 Å². The van der Waals surface area contributed by atoms with Crippen molar-refractivity contribution >= 4 is 27.5 Å². The fourth-order valence-electron chi connectivity index (χ4n) is 2.79. The van der Waals surface area contributed by atoms with Crippen molar-refractivity contribution in [1.29, 1.82) is 0 Å². The topological polar surface area (TPSA) is 68.1 Å². The van der Waals surface area contributed by atoms with Gasteiger partial charge in [-0.2, -0.15) is 0 Å². The van der Waals surface area contributed by atoms with Gasteiger partial charge in [0.1, 0.15) is 4.83 Å². The van der Waals surface area contributed by atoms with Crippen LogP contribution in [-0.2, 0) is 17.8 Å². The van der Waals surface area contributed by atoms with Crippen LogP contribution in [0.15, 0.2) is 35.5 Å². The zero-order valence-electron chi connectivity index (χ0n) is 15.2. The minimum atomic E-state index is -0.0687. The minimum absolute atomic E-state index is 0.00569. The van der Waals surface area contributed by atoms with E-state index in [9.17, 15) is 9.59 Å². The van der Waals surface area contributed by atoms with E-state index in [0.29, 0.717) is 24.9 Å². The molecule has 0 unspecified atom stereocenters. The van der Waals surface area contributed by atoms with Crippen molar-refractivity contribution in [3.8, 4) is 0 Å². The number of likely N-dealkylation sites (N-methyl/N-ethyl adjacent to an activating group) is 1. The summed E-state index contributed by atoms with van der Waals surface area (Å²) >= 11 is 1.53. The van der Waals surface area contributed by atoms with Crippen LogP contribution in [0.1, 0.15) is 22.6 Å². The Morgan fingerprint density at radius 1 is 1.27 bits per heavy atom. The Labute approximate surface area is 156 Å². The number of aromatic nitrogens is 3. The van der Waals surface area contributed by atoms with Gasteiger partial charge < -0.3 is 4.90 Å². The highest BCUT2D eigenvalue weighted by atomic mass is 32.1. The highest BCUT2D eigenvalue weighted by Gasteiger charge is 2.14. The van der Waals surface area contributed by atoms with Gasteiger partial charge in [0.15, 0.2) is 0 Å². The summed E-state index contributed by atoms with van der Waals surface area (Å²) in [6, 6.07) is 5.76. The van der Waals surface area contributed by atoms with Crippen molar-refractivity contribution in [1.82, 2.24) is 19.4 Å². The van der Waals surface area contributed by atoms with Crippen molar-refractivity contribution in [3.05, 3.63) is 57.2 Å². The van der Waals surface area contributed by atoms with Gasteiger partial charge in [0, 0.05) is 49.7 Å². The number of rotatable bonds is 6. The van der Waals surface area contributed by atoms with E-state index < -0.39 is 0 Å². The molecule has 1 amide bonds. The Morgan fingerprint density at radius 2 is 2.08 bits per heavy atom. The van der Waals surface area contributed by atoms with Crippen molar-refractivity contribution in [2.45, 2.75) is 33.2 Å². The van der Waals surface area contributed by atoms with Gasteiger partial charge in [0.05, 0.1) is 11.7 Å². The van der Waals surface area contributed by atoms with E-state index in [4.69, 9.17) is 0 Å². The molecule has 0 saturated heterocycles. The average Bonchev–Trinajstić information content (AvgIpc) is 2.94. The molecule has 7 heteroatoms. The molecule has 0 saturated carbocycles. The molecule has 0 bridgehead atoms. The third-order valence-corrected chi connectivity index (χ3v) is 5.69. The van der Waals surface area contributed by atoms with E-state index in [2.05, 4.69) is 9.97 Å². The molecule has 0 N–H and O–H groups in total. The normalized spacial score (nSPS) is 11.0. The SMILES string of the molecule is Cc1sc2ncn(CCC(=O)N(C)CCc3ccccn3)c(=O)c2c1C. The standard InChI is InChI=1S/C19H22N4O2S/c1-13-14(2)26-18-17(13)19(25)23(12-21-18)11-8-16(24)22(3)10-7-15-6-4-5-9-20-15/h4-6,9,12H,7-8,10-11H2,1-3H3. The molecule has 0 radical (unpaired) electrons. The molecule has 6 nitrogen and oxygen atoms in total. The van der Waals surface area contributed by atoms with Crippen LogP contribution in [0.25, 0.3) is 10.2 Å². The Balaban J connectivity index is 1.62. The molecule has 136 valence electrons. The maximum absolute atomic E-state index is 12.7. The Bertz CT molecular complexity index is 978. The molecule has 3 heterocycles. The number of hydrogen-bond donors (Lipinski definition) is 0. The molecule has 0 spiro atoms. The number of aryl methyl sites for hydroxylation is 3. The lowest BCUT2D eigenvalue weighted by atomic mass is 10.2. The molecule has 0 fully saturated rings. The first-order chi connectivity index (χ1) is 12.5. The second kappa shape index (κ2) is 7.78. The molecular formula is C19H22N4O2S. The summed E-state index contributed by atoms with van der Waals surface area (Å²) in [5, 5.41) is 0.672. The Hall–Kier alpha value is -2.54. The van der Waals surface area contributed by atoms with E-state index in [1.165, 1.54) is 15.9 Å². The van der Waals surface area contributed by atoms with Gasteiger partial charge in [-0.1, -0.05) is 6.07 Å². The van der Waals surface area contributed by atoms with Crippen molar-refractivity contribution in [3.63, 3.8) is 0 Å². The fourth-order valence-corrected chi connectivity index (χ4v) is 3.78. The highest BCUT2D eigenvalue weighted by Crippen LogP contribution is 2.25. The summed E-state index contributed by atoms with van der Waals surface area (Å²) in [4.78, 5) is 37.2. The summed E-state index contributed by atoms with van der Waals surface area (Å²) in [6.07, 6.45) is 4.28. The van der Waals surface area contributed by atoms with Crippen LogP contribution in [0, 0.1) is 13.8 Å². The maximum atomic E-state index is 12.7. The summed E-state index contributed by atoms with van der Waals surface area (Å²) in [5.41, 5.74) is 1.87. The zero-order chi connectivity index (χ0) is 18.7. The predicted octanol–water partition coefficient (Wildman–Crippen LogP) is 2.56. The van der Waals surface area contributed by atoms with Crippen LogP contribution in [0.3, 0.4) is 0 Å². The Morgan fingerprint density at radius 3 is 2.81 bits per heavy atom. The van der Waals surface area contributed by atoms with Crippen LogP contribution in [0.4, 0.5) is 0 Å². The number of thiophene rings is 1. The van der Waals surface area contributed by atoms with E-state index in [1.807, 2.05) is 32.0 Å². The van der Waals surface area contributed by atoms with Gasteiger partial charge in [0.25, 0.3) is 5.56 Å². The monoisotopic (exact) mass is 370 g/mol. The van der Waals surface area contributed by atoms with Crippen LogP contribution in [-0.4, -0.2) is 38.9 Å². The number of amides is 1. The highest BCUT2D eigenvalue weighted by molar-refractivity contribution is 7.18. The number of pyridine rings is 1. The quantitative estimate of drug-likeness (QED) is 0.669. The second-order valence-corrected chi connectivity index (χ2v) is 7.55. The predicted molar refractivity (Wildman–Crippen MR) is 104 cm³/mol. The minimum Gasteiger partial charge on any atom is -0.345 e. The van der Waals surface area contributed by atoms with Crippen molar-refractivity contribution in [2.75, 3.05) is 13.6 Å². The van der Waals surface area contributed by atoms with Gasteiger partial charge in [-0.25, -0.2) is 4.98 Å². The molecule has 0 aliphatic carbocycles. The Kier molecular flexibility index (Phi) is 5.46. The van der Waals surface area contributed by atoms with Crippen LogP contribution in [0.5, 0.6) is 0 Å². The lowest BCUT2D eigenvalue weighted by Crippen LogP contribution is -2.31. The second-order valence-electron chi connectivity index (χ2n) is 6.34. The third kappa shape index (κ3) is 3.83. The fraction of sp³-hybridized carbons (Fsp3) is 0.368. The van der Waals surface area contributed by atoms with E-state index in [1.54, 1.807) is 24.5 Å². The molecule has 0 atom stereocenters. The van der Waals surface area contributed by atoms with E-state index in [-0.39, 0.29) is 17.9 Å².